The first-order chi connectivity index (χ1) is 6.42. The molecule has 1 fully saturated rings. The highest BCUT2D eigenvalue weighted by Gasteiger charge is 2.28. The van der Waals surface area contributed by atoms with E-state index in [9.17, 15) is 0 Å². The number of hydrogen-bond donors (Lipinski definition) is 1. The molecule has 0 bridgehead atoms. The topological polar surface area (TPSA) is 15.3 Å². The lowest BCUT2D eigenvalue weighted by molar-refractivity contribution is 0.507. The van der Waals surface area contributed by atoms with Gasteiger partial charge in [-0.3, -0.25) is 0 Å². The average molecular weight is 174 g/mol. The molecule has 1 heterocycles. The van der Waals surface area contributed by atoms with E-state index in [0.717, 1.165) is 19.6 Å². The van der Waals surface area contributed by atoms with E-state index in [0.29, 0.717) is 6.98 Å². The van der Waals surface area contributed by atoms with Crippen molar-refractivity contribution in [3.63, 3.8) is 0 Å². The van der Waals surface area contributed by atoms with E-state index in [1.165, 1.54) is 5.46 Å². The summed E-state index contributed by atoms with van der Waals surface area (Å²) in [5, 5.41) is 3.50. The fraction of sp³-hybridized carbons (Fsp3) is 0.400. The van der Waals surface area contributed by atoms with Crippen LogP contribution in [0, 0.1) is 0 Å². The van der Waals surface area contributed by atoms with Crippen molar-refractivity contribution >= 4 is 12.4 Å². The summed E-state index contributed by atoms with van der Waals surface area (Å²) < 4.78 is 0. The third-order valence-electron chi connectivity index (χ3n) is 2.62. The second-order valence-electron chi connectivity index (χ2n) is 3.40. The highest BCUT2D eigenvalue weighted by molar-refractivity contribution is 6.68. The summed E-state index contributed by atoms with van der Waals surface area (Å²) in [6, 6.07) is 10.6. The minimum atomic E-state index is 0.436. The van der Waals surface area contributed by atoms with Crippen molar-refractivity contribution in [2.45, 2.75) is 6.92 Å². The molecule has 0 radical (unpaired) electrons. The molecule has 13 heavy (non-hydrogen) atoms. The highest BCUT2D eigenvalue weighted by Crippen LogP contribution is 1.99. The summed E-state index contributed by atoms with van der Waals surface area (Å²) in [7, 11) is 0. The van der Waals surface area contributed by atoms with Crippen molar-refractivity contribution in [1.29, 1.82) is 0 Å². The van der Waals surface area contributed by atoms with Crippen LogP contribution >= 0.6 is 0 Å². The molecule has 1 saturated heterocycles. The normalized spacial score (nSPS) is 18.1. The van der Waals surface area contributed by atoms with Crippen LogP contribution in [0.25, 0.3) is 0 Å². The number of benzene rings is 1. The Morgan fingerprint density at radius 3 is 2.85 bits per heavy atom. The molecule has 0 atom stereocenters. The van der Waals surface area contributed by atoms with E-state index in [1.807, 2.05) is 0 Å². The van der Waals surface area contributed by atoms with Crippen LogP contribution in [0.15, 0.2) is 30.3 Å². The number of hydrogen-bond acceptors (Lipinski definition) is 2. The van der Waals surface area contributed by atoms with Crippen molar-refractivity contribution in [3.8, 4) is 0 Å². The van der Waals surface area contributed by atoms with Crippen LogP contribution in [-0.4, -0.2) is 31.4 Å². The predicted molar refractivity (Wildman–Crippen MR) is 57.1 cm³/mol. The third kappa shape index (κ3) is 1.76. The molecular weight excluding hydrogens is 159 g/mol. The Balaban J connectivity index is 2.16. The smallest absolute Gasteiger partial charge is 0.337 e. The Hall–Kier alpha value is -0.795. The molecule has 0 unspecified atom stereocenters. The van der Waals surface area contributed by atoms with Crippen molar-refractivity contribution in [2.75, 3.05) is 19.6 Å². The van der Waals surface area contributed by atoms with Gasteiger partial charge in [0.15, 0.2) is 0 Å². The second kappa shape index (κ2) is 3.94. The Morgan fingerprint density at radius 2 is 2.15 bits per heavy atom. The van der Waals surface area contributed by atoms with Gasteiger partial charge in [-0.25, -0.2) is 0 Å². The Labute approximate surface area is 80.1 Å². The first-order valence-electron chi connectivity index (χ1n) is 4.94. The van der Waals surface area contributed by atoms with Crippen LogP contribution in [-0.2, 0) is 0 Å². The second-order valence-corrected chi connectivity index (χ2v) is 3.40. The fourth-order valence-corrected chi connectivity index (χ4v) is 1.91. The van der Waals surface area contributed by atoms with Gasteiger partial charge in [-0.05, 0) is 18.6 Å². The van der Waals surface area contributed by atoms with Crippen molar-refractivity contribution in [3.05, 3.63) is 30.3 Å². The van der Waals surface area contributed by atoms with Gasteiger partial charge in [0.25, 0.3) is 0 Å². The fourth-order valence-electron chi connectivity index (χ4n) is 1.91. The molecule has 1 aromatic carbocycles. The molecule has 0 saturated carbocycles. The number of nitrogens with one attached hydrogen (secondary N) is 1. The molecule has 1 aromatic rings. The van der Waals surface area contributed by atoms with Crippen LogP contribution < -0.4 is 10.7 Å². The lowest BCUT2D eigenvalue weighted by atomic mass is 9.68. The Kier molecular flexibility index (Phi) is 2.66. The number of likely N-dealkylation sites (N-methyl/N-ethyl adjacent to an activating group) is 1. The monoisotopic (exact) mass is 174 g/mol. The van der Waals surface area contributed by atoms with Gasteiger partial charge in [0.1, 0.15) is 0 Å². The van der Waals surface area contributed by atoms with Crippen molar-refractivity contribution in [2.24, 2.45) is 0 Å². The standard InChI is InChI=1S/C10H15BN2/c1-2-13-9-8-12-11(13)10-6-4-3-5-7-10/h3-7,12H,2,8-9H2,1H3. The maximum Gasteiger partial charge on any atom is 0.343 e. The van der Waals surface area contributed by atoms with Crippen LogP contribution in [0.3, 0.4) is 0 Å². The summed E-state index contributed by atoms with van der Waals surface area (Å²) in [5.74, 6) is 0. The van der Waals surface area contributed by atoms with Gasteiger partial charge < -0.3 is 10.0 Å². The van der Waals surface area contributed by atoms with Gasteiger partial charge in [-0.1, -0.05) is 37.3 Å². The zero-order chi connectivity index (χ0) is 9.10. The maximum absolute atomic E-state index is 3.50. The molecule has 68 valence electrons. The number of nitrogens with zero attached hydrogens (tertiary/aromatic N) is 1. The van der Waals surface area contributed by atoms with Gasteiger partial charge in [0.2, 0.25) is 0 Å². The van der Waals surface area contributed by atoms with E-state index < -0.39 is 0 Å². The lowest BCUT2D eigenvalue weighted by Gasteiger charge is -2.18. The quantitative estimate of drug-likeness (QED) is 0.649. The van der Waals surface area contributed by atoms with E-state index in [4.69, 9.17) is 0 Å². The van der Waals surface area contributed by atoms with Gasteiger partial charge in [0, 0.05) is 6.54 Å². The molecule has 3 heteroatoms. The first-order valence-corrected chi connectivity index (χ1v) is 4.94. The lowest BCUT2D eigenvalue weighted by Crippen LogP contribution is -2.50. The summed E-state index contributed by atoms with van der Waals surface area (Å²) in [6.45, 7) is 6.03. The largest absolute Gasteiger partial charge is 0.343 e. The van der Waals surface area contributed by atoms with Crippen molar-refractivity contribution < 1.29 is 0 Å². The van der Waals surface area contributed by atoms with E-state index in [-0.39, 0.29) is 0 Å². The minimum absolute atomic E-state index is 0.436. The molecule has 1 aliphatic rings. The summed E-state index contributed by atoms with van der Waals surface area (Å²) in [4.78, 5) is 2.45. The summed E-state index contributed by atoms with van der Waals surface area (Å²) >= 11 is 0. The minimum Gasteiger partial charge on any atom is -0.337 e. The van der Waals surface area contributed by atoms with Crippen molar-refractivity contribution in [1.82, 2.24) is 10.0 Å². The molecule has 0 aliphatic carbocycles. The van der Waals surface area contributed by atoms with Gasteiger partial charge in [0.05, 0.1) is 0 Å². The molecule has 0 amide bonds. The predicted octanol–water partition coefficient (Wildman–Crippen LogP) is 0.307. The van der Waals surface area contributed by atoms with E-state index in [1.54, 1.807) is 0 Å². The highest BCUT2D eigenvalue weighted by atomic mass is 15.2. The average Bonchev–Trinajstić information content (AvgIpc) is 2.67. The molecule has 0 aromatic heterocycles. The first kappa shape index (κ1) is 8.79. The maximum atomic E-state index is 3.50. The van der Waals surface area contributed by atoms with Crippen LogP contribution in [0.1, 0.15) is 6.92 Å². The zero-order valence-corrected chi connectivity index (χ0v) is 8.03. The third-order valence-corrected chi connectivity index (χ3v) is 2.62. The van der Waals surface area contributed by atoms with Gasteiger partial charge in [-0.2, -0.15) is 0 Å². The SMILES string of the molecule is CCN1CCNB1c1ccccc1. The van der Waals surface area contributed by atoms with E-state index in [2.05, 4.69) is 47.3 Å². The van der Waals surface area contributed by atoms with Crippen LogP contribution in [0.2, 0.25) is 0 Å². The molecule has 1 N–H and O–H groups in total. The summed E-state index contributed by atoms with van der Waals surface area (Å²) in [5.41, 5.74) is 1.38. The molecule has 2 nitrogen and oxygen atoms in total. The van der Waals surface area contributed by atoms with Gasteiger partial charge >= 0.3 is 6.98 Å². The van der Waals surface area contributed by atoms with Gasteiger partial charge in [-0.15, -0.1) is 0 Å². The molecule has 0 spiro atoms. The Morgan fingerprint density at radius 1 is 1.38 bits per heavy atom. The Bertz CT molecular complexity index is 263. The molecular formula is C10H15BN2. The van der Waals surface area contributed by atoms with Crippen LogP contribution in [0.5, 0.6) is 0 Å². The van der Waals surface area contributed by atoms with Crippen LogP contribution in [0.4, 0.5) is 0 Å². The molecule has 2 rings (SSSR count). The van der Waals surface area contributed by atoms with E-state index >= 15 is 0 Å². The molecule has 1 aliphatic heterocycles. The number of rotatable bonds is 2. The summed E-state index contributed by atoms with van der Waals surface area (Å²) in [6.07, 6.45) is 0. The zero-order valence-electron chi connectivity index (χ0n) is 8.03.